The first-order valence-electron chi connectivity index (χ1n) is 11.1. The average Bonchev–Trinajstić information content (AvgIpc) is 3.26. The number of benzene rings is 3. The molecule has 1 aliphatic heterocycles. The zero-order valence-electron chi connectivity index (χ0n) is 18.6. The number of amides is 3. The molecule has 0 radical (unpaired) electrons. The van der Waals surface area contributed by atoms with Crippen molar-refractivity contribution in [2.75, 3.05) is 11.9 Å². The molecule has 1 heterocycles. The van der Waals surface area contributed by atoms with Crippen LogP contribution in [0.2, 0.25) is 0 Å². The second-order valence-electron chi connectivity index (χ2n) is 8.40. The first-order chi connectivity index (χ1) is 16.0. The Bertz CT molecular complexity index is 1130. The molecular weight excluding hydrogens is 414 g/mol. The zero-order valence-corrected chi connectivity index (χ0v) is 18.6. The van der Waals surface area contributed by atoms with Gasteiger partial charge in [0.15, 0.2) is 0 Å². The van der Waals surface area contributed by atoms with Gasteiger partial charge in [-0.2, -0.15) is 0 Å². The SMILES string of the molecule is CC1(C(=O)Nc2ccc(C(=O)NCc3ccccc3)cc2)CCCN1C(=O)c1ccccc1. The van der Waals surface area contributed by atoms with Crippen molar-refractivity contribution in [2.45, 2.75) is 31.8 Å². The molecule has 6 nitrogen and oxygen atoms in total. The van der Waals surface area contributed by atoms with Crippen molar-refractivity contribution in [3.63, 3.8) is 0 Å². The van der Waals surface area contributed by atoms with Crippen LogP contribution in [0, 0.1) is 0 Å². The Kier molecular flexibility index (Phi) is 6.54. The number of anilines is 1. The van der Waals surface area contributed by atoms with E-state index in [2.05, 4.69) is 10.6 Å². The van der Waals surface area contributed by atoms with E-state index < -0.39 is 5.54 Å². The van der Waals surface area contributed by atoms with Gasteiger partial charge in [-0.25, -0.2) is 0 Å². The monoisotopic (exact) mass is 441 g/mol. The summed E-state index contributed by atoms with van der Waals surface area (Å²) in [7, 11) is 0. The Morgan fingerprint density at radius 2 is 1.48 bits per heavy atom. The van der Waals surface area contributed by atoms with E-state index in [1.165, 1.54) is 0 Å². The van der Waals surface area contributed by atoms with Crippen molar-refractivity contribution in [1.29, 1.82) is 0 Å². The summed E-state index contributed by atoms with van der Waals surface area (Å²) in [6.07, 6.45) is 1.36. The maximum atomic E-state index is 13.2. The van der Waals surface area contributed by atoms with Crippen molar-refractivity contribution < 1.29 is 14.4 Å². The molecule has 2 N–H and O–H groups in total. The molecule has 0 bridgehead atoms. The van der Waals surface area contributed by atoms with E-state index in [9.17, 15) is 14.4 Å². The third kappa shape index (κ3) is 4.95. The first-order valence-corrected chi connectivity index (χ1v) is 11.1. The van der Waals surface area contributed by atoms with Crippen molar-refractivity contribution in [3.8, 4) is 0 Å². The van der Waals surface area contributed by atoms with Crippen molar-refractivity contribution >= 4 is 23.4 Å². The van der Waals surface area contributed by atoms with E-state index in [0.717, 1.165) is 12.0 Å². The fourth-order valence-electron chi connectivity index (χ4n) is 4.11. The Morgan fingerprint density at radius 3 is 2.15 bits per heavy atom. The fourth-order valence-corrected chi connectivity index (χ4v) is 4.11. The lowest BCUT2D eigenvalue weighted by molar-refractivity contribution is -0.124. The van der Waals surface area contributed by atoms with Gasteiger partial charge in [0.25, 0.3) is 11.8 Å². The lowest BCUT2D eigenvalue weighted by Gasteiger charge is -2.34. The summed E-state index contributed by atoms with van der Waals surface area (Å²) in [6.45, 7) is 2.79. The zero-order chi connectivity index (χ0) is 23.3. The van der Waals surface area contributed by atoms with Gasteiger partial charge in [0.1, 0.15) is 5.54 Å². The molecule has 1 atom stereocenters. The summed E-state index contributed by atoms with van der Waals surface area (Å²) < 4.78 is 0. The summed E-state index contributed by atoms with van der Waals surface area (Å²) in [5.41, 5.74) is 1.76. The molecule has 0 aliphatic carbocycles. The molecule has 0 spiro atoms. The number of hydrogen-bond acceptors (Lipinski definition) is 3. The smallest absolute Gasteiger partial charge is 0.254 e. The molecule has 3 aromatic carbocycles. The summed E-state index contributed by atoms with van der Waals surface area (Å²) in [5.74, 6) is -0.555. The minimum Gasteiger partial charge on any atom is -0.348 e. The topological polar surface area (TPSA) is 78.5 Å². The number of nitrogens with one attached hydrogen (secondary N) is 2. The van der Waals surface area contributed by atoms with Gasteiger partial charge in [-0.05, 0) is 61.7 Å². The highest BCUT2D eigenvalue weighted by Crippen LogP contribution is 2.32. The number of carbonyl (C=O) groups is 3. The molecule has 33 heavy (non-hydrogen) atoms. The van der Waals surface area contributed by atoms with E-state index in [-0.39, 0.29) is 17.7 Å². The van der Waals surface area contributed by atoms with Crippen molar-refractivity contribution in [1.82, 2.24) is 10.2 Å². The van der Waals surface area contributed by atoms with E-state index in [0.29, 0.717) is 36.3 Å². The number of nitrogens with zero attached hydrogens (tertiary/aromatic N) is 1. The van der Waals surface area contributed by atoms with Gasteiger partial charge in [0.05, 0.1) is 0 Å². The Hall–Kier alpha value is -3.93. The average molecular weight is 442 g/mol. The lowest BCUT2D eigenvalue weighted by Crippen LogP contribution is -2.53. The molecule has 168 valence electrons. The predicted molar refractivity (Wildman–Crippen MR) is 128 cm³/mol. The van der Waals surface area contributed by atoms with Crippen LogP contribution in [0.5, 0.6) is 0 Å². The van der Waals surface area contributed by atoms with Gasteiger partial charge < -0.3 is 15.5 Å². The molecule has 1 unspecified atom stereocenters. The van der Waals surface area contributed by atoms with E-state index in [4.69, 9.17) is 0 Å². The van der Waals surface area contributed by atoms with E-state index in [1.807, 2.05) is 55.5 Å². The standard InChI is InChI=1S/C27H27N3O3/c1-27(17-8-18-30(27)25(32)22-11-6-3-7-12-22)26(33)29-23-15-13-21(14-16-23)24(31)28-19-20-9-4-2-5-10-20/h2-7,9-16H,8,17-19H2,1H3,(H,28,31)(H,29,33). The number of carbonyl (C=O) groups excluding carboxylic acids is 3. The molecule has 1 aliphatic rings. The van der Waals surface area contributed by atoms with Crippen LogP contribution < -0.4 is 10.6 Å². The minimum absolute atomic E-state index is 0.142. The highest BCUT2D eigenvalue weighted by molar-refractivity contribution is 6.04. The molecule has 1 fully saturated rings. The Labute approximate surface area is 193 Å². The second-order valence-corrected chi connectivity index (χ2v) is 8.40. The normalized spacial score (nSPS) is 17.4. The van der Waals surface area contributed by atoms with Crippen LogP contribution in [-0.4, -0.2) is 34.7 Å². The van der Waals surface area contributed by atoms with Gasteiger partial charge in [0, 0.05) is 29.9 Å². The Balaban J connectivity index is 1.39. The molecule has 0 aromatic heterocycles. The van der Waals surface area contributed by atoms with Crippen LogP contribution in [0.25, 0.3) is 0 Å². The molecule has 6 heteroatoms. The van der Waals surface area contributed by atoms with Crippen molar-refractivity contribution in [2.24, 2.45) is 0 Å². The minimum atomic E-state index is -0.932. The number of rotatable bonds is 6. The van der Waals surface area contributed by atoms with Crippen LogP contribution in [0.15, 0.2) is 84.9 Å². The first kappa shape index (κ1) is 22.3. The largest absolute Gasteiger partial charge is 0.348 e. The van der Waals surface area contributed by atoms with Gasteiger partial charge in [-0.15, -0.1) is 0 Å². The predicted octanol–water partition coefficient (Wildman–Crippen LogP) is 4.25. The molecule has 1 saturated heterocycles. The van der Waals surface area contributed by atoms with Gasteiger partial charge in [-0.3, -0.25) is 14.4 Å². The highest BCUT2D eigenvalue weighted by atomic mass is 16.2. The third-order valence-corrected chi connectivity index (χ3v) is 6.10. The quantitative estimate of drug-likeness (QED) is 0.600. The maximum Gasteiger partial charge on any atom is 0.254 e. The van der Waals surface area contributed by atoms with Crippen molar-refractivity contribution in [3.05, 3.63) is 102 Å². The van der Waals surface area contributed by atoms with Gasteiger partial charge in [-0.1, -0.05) is 48.5 Å². The number of hydrogen-bond donors (Lipinski definition) is 2. The van der Waals surface area contributed by atoms with E-state index in [1.54, 1.807) is 41.3 Å². The Morgan fingerprint density at radius 1 is 0.848 bits per heavy atom. The highest BCUT2D eigenvalue weighted by Gasteiger charge is 2.45. The van der Waals surface area contributed by atoms with E-state index >= 15 is 0 Å². The van der Waals surface area contributed by atoms with Crippen LogP contribution in [0.3, 0.4) is 0 Å². The van der Waals surface area contributed by atoms with Gasteiger partial charge in [0.2, 0.25) is 5.91 Å². The molecule has 3 amide bonds. The maximum absolute atomic E-state index is 13.2. The second kappa shape index (κ2) is 9.69. The third-order valence-electron chi connectivity index (χ3n) is 6.10. The molecule has 3 aromatic rings. The molecule has 4 rings (SSSR count). The number of likely N-dealkylation sites (tertiary alicyclic amines) is 1. The van der Waals surface area contributed by atoms with Crippen LogP contribution in [0.1, 0.15) is 46.0 Å². The summed E-state index contributed by atoms with van der Waals surface area (Å²) >= 11 is 0. The summed E-state index contributed by atoms with van der Waals surface area (Å²) in [5, 5.41) is 5.81. The van der Waals surface area contributed by atoms with Gasteiger partial charge >= 0.3 is 0 Å². The molecule has 0 saturated carbocycles. The lowest BCUT2D eigenvalue weighted by atomic mass is 9.96. The molecular formula is C27H27N3O3. The fraction of sp³-hybridized carbons (Fsp3) is 0.222. The van der Waals surface area contributed by atoms with Crippen LogP contribution in [0.4, 0.5) is 5.69 Å². The summed E-state index contributed by atoms with van der Waals surface area (Å²) in [6, 6.07) is 25.5. The summed E-state index contributed by atoms with van der Waals surface area (Å²) in [4.78, 5) is 40.3. The van der Waals surface area contributed by atoms with Crippen LogP contribution >= 0.6 is 0 Å². The van der Waals surface area contributed by atoms with Crippen LogP contribution in [-0.2, 0) is 11.3 Å².